The lowest BCUT2D eigenvalue weighted by molar-refractivity contribution is -0.131. The summed E-state index contributed by atoms with van der Waals surface area (Å²) in [6, 6.07) is 12.1. The molecule has 0 aliphatic carbocycles. The Morgan fingerprint density at radius 3 is 2.23 bits per heavy atom. The Morgan fingerprint density at radius 2 is 1.65 bits per heavy atom. The van der Waals surface area contributed by atoms with Crippen molar-refractivity contribution in [3.63, 3.8) is 0 Å². The normalized spacial score (nSPS) is 11.5. The van der Waals surface area contributed by atoms with Crippen LogP contribution < -0.4 is 9.47 Å². The number of likely N-dealkylation sites (N-methyl/N-ethyl adjacent to an activating group) is 1. The molecule has 1 heterocycles. The lowest BCUT2D eigenvalue weighted by Gasteiger charge is -2.19. The van der Waals surface area contributed by atoms with Gasteiger partial charge in [0.05, 0.1) is 31.0 Å². The third kappa shape index (κ3) is 4.82. The molecule has 0 N–H and O–H groups in total. The number of imidazole rings is 1. The van der Waals surface area contributed by atoms with Crippen molar-refractivity contribution < 1.29 is 22.7 Å². The summed E-state index contributed by atoms with van der Waals surface area (Å²) >= 11 is 0. The van der Waals surface area contributed by atoms with Crippen LogP contribution in [0.3, 0.4) is 0 Å². The molecule has 3 aromatic rings. The van der Waals surface area contributed by atoms with E-state index in [0.29, 0.717) is 41.2 Å². The number of nitrogens with zero attached hydrogens (tertiary/aromatic N) is 3. The number of aromatic nitrogens is 2. The Kier molecular flexibility index (Phi) is 6.84. The molecule has 0 bridgehead atoms. The smallest absolute Gasteiger partial charge is 0.242 e. The fourth-order valence-corrected chi connectivity index (χ4v) is 4.96. The first-order valence-electron chi connectivity index (χ1n) is 10.0. The van der Waals surface area contributed by atoms with Gasteiger partial charge in [-0.25, -0.2) is 13.4 Å². The summed E-state index contributed by atoms with van der Waals surface area (Å²) in [6.07, 6.45) is 0. The fraction of sp³-hybridized carbons (Fsp3) is 0.364. The van der Waals surface area contributed by atoms with Gasteiger partial charge in [-0.1, -0.05) is 12.1 Å². The number of hydrogen-bond donors (Lipinski definition) is 0. The second-order valence-electron chi connectivity index (χ2n) is 7.02. The summed E-state index contributed by atoms with van der Waals surface area (Å²) in [5.41, 5.74) is 1.63. The van der Waals surface area contributed by atoms with E-state index in [4.69, 9.17) is 9.47 Å². The predicted molar refractivity (Wildman–Crippen MR) is 118 cm³/mol. The Morgan fingerprint density at radius 1 is 1.03 bits per heavy atom. The van der Waals surface area contributed by atoms with Crippen LogP contribution in [0.5, 0.6) is 11.5 Å². The number of fused-ring (bicyclic) bond motifs is 1. The van der Waals surface area contributed by atoms with Crippen LogP contribution in [-0.4, -0.2) is 56.1 Å². The van der Waals surface area contributed by atoms with E-state index in [1.807, 2.05) is 13.8 Å². The molecular weight excluding hydrogens is 418 g/mol. The summed E-state index contributed by atoms with van der Waals surface area (Å²) in [5.74, 6) is 0.528. The molecule has 0 unspecified atom stereocenters. The van der Waals surface area contributed by atoms with E-state index in [1.54, 1.807) is 47.4 Å². The van der Waals surface area contributed by atoms with E-state index in [9.17, 15) is 13.2 Å². The predicted octanol–water partition coefficient (Wildman–Crippen LogP) is 2.90. The summed E-state index contributed by atoms with van der Waals surface area (Å²) in [5, 5.41) is -0.129. The van der Waals surface area contributed by atoms with Gasteiger partial charge in [-0.2, -0.15) is 0 Å². The van der Waals surface area contributed by atoms with E-state index >= 15 is 0 Å². The average Bonchev–Trinajstić information content (AvgIpc) is 3.13. The number of rotatable bonds is 9. The molecule has 0 saturated carbocycles. The third-order valence-corrected chi connectivity index (χ3v) is 6.66. The van der Waals surface area contributed by atoms with Crippen LogP contribution in [-0.2, 0) is 26.9 Å². The fourth-order valence-electron chi connectivity index (χ4n) is 3.49. The number of benzene rings is 2. The molecule has 0 atom stereocenters. The zero-order valence-electron chi connectivity index (χ0n) is 18.2. The Labute approximate surface area is 182 Å². The van der Waals surface area contributed by atoms with E-state index in [2.05, 4.69) is 4.98 Å². The van der Waals surface area contributed by atoms with Crippen LogP contribution in [0, 0.1) is 0 Å². The van der Waals surface area contributed by atoms with Gasteiger partial charge in [0.1, 0.15) is 18.0 Å². The quantitative estimate of drug-likeness (QED) is 0.503. The zero-order chi connectivity index (χ0) is 22.6. The number of methoxy groups -OCH3 is 2. The van der Waals surface area contributed by atoms with Gasteiger partial charge >= 0.3 is 0 Å². The average molecular weight is 446 g/mol. The summed E-state index contributed by atoms with van der Waals surface area (Å²) < 4.78 is 38.8. The van der Waals surface area contributed by atoms with Crippen LogP contribution in [0.25, 0.3) is 11.0 Å². The maximum Gasteiger partial charge on any atom is 0.242 e. The Balaban J connectivity index is 2.06. The van der Waals surface area contributed by atoms with Gasteiger partial charge < -0.3 is 18.9 Å². The SMILES string of the molecule is CCN(CC)C(=O)Cn1c(S(=O)(=O)Cc2cc(OC)cc(OC)c2)nc2ccccc21. The first-order chi connectivity index (χ1) is 14.8. The number of sulfone groups is 1. The molecule has 166 valence electrons. The van der Waals surface area contributed by atoms with Crippen molar-refractivity contribution in [2.45, 2.75) is 31.3 Å². The topological polar surface area (TPSA) is 90.7 Å². The van der Waals surface area contributed by atoms with E-state index < -0.39 is 9.84 Å². The molecule has 0 aliphatic rings. The maximum atomic E-state index is 13.4. The van der Waals surface area contributed by atoms with Crippen LogP contribution >= 0.6 is 0 Å². The van der Waals surface area contributed by atoms with E-state index in [1.165, 1.54) is 18.8 Å². The van der Waals surface area contributed by atoms with Gasteiger partial charge in [-0.15, -0.1) is 0 Å². The van der Waals surface area contributed by atoms with E-state index in [-0.39, 0.29) is 23.4 Å². The number of hydrogen-bond acceptors (Lipinski definition) is 6. The Hall–Kier alpha value is -3.07. The number of amides is 1. The lowest BCUT2D eigenvalue weighted by atomic mass is 10.2. The molecule has 3 rings (SSSR count). The first kappa shape index (κ1) is 22.6. The standard InChI is InChI=1S/C22H27N3O5S/c1-5-24(6-2)21(26)14-25-20-10-8-7-9-19(20)23-22(25)31(27,28)15-16-11-17(29-3)13-18(12-16)30-4/h7-13H,5-6,14-15H2,1-4H3. The minimum atomic E-state index is -3.87. The van der Waals surface area contributed by atoms with Crippen molar-refractivity contribution >= 4 is 26.8 Å². The molecule has 0 fully saturated rings. The third-order valence-electron chi connectivity index (χ3n) is 5.08. The highest BCUT2D eigenvalue weighted by Crippen LogP contribution is 2.27. The lowest BCUT2D eigenvalue weighted by Crippen LogP contribution is -2.34. The first-order valence-corrected chi connectivity index (χ1v) is 11.7. The monoisotopic (exact) mass is 445 g/mol. The van der Waals surface area contributed by atoms with Gasteiger partial charge in [-0.05, 0) is 43.7 Å². The van der Waals surface area contributed by atoms with Gasteiger partial charge in [0.25, 0.3) is 0 Å². The van der Waals surface area contributed by atoms with Crippen molar-refractivity contribution in [2.75, 3.05) is 27.3 Å². The number of carbonyl (C=O) groups is 1. The number of para-hydroxylation sites is 2. The van der Waals surface area contributed by atoms with Crippen molar-refractivity contribution in [2.24, 2.45) is 0 Å². The molecule has 9 heteroatoms. The van der Waals surface area contributed by atoms with Gasteiger partial charge in [-0.3, -0.25) is 4.79 Å². The second-order valence-corrected chi connectivity index (χ2v) is 8.90. The van der Waals surface area contributed by atoms with Gasteiger partial charge in [0.15, 0.2) is 0 Å². The van der Waals surface area contributed by atoms with Crippen LogP contribution in [0.15, 0.2) is 47.6 Å². The molecule has 2 aromatic carbocycles. The molecular formula is C22H27N3O5S. The highest BCUT2D eigenvalue weighted by molar-refractivity contribution is 7.90. The van der Waals surface area contributed by atoms with Crippen molar-refractivity contribution in [1.29, 1.82) is 0 Å². The molecule has 0 aliphatic heterocycles. The highest BCUT2D eigenvalue weighted by Gasteiger charge is 2.26. The number of carbonyl (C=O) groups excluding carboxylic acids is 1. The zero-order valence-corrected chi connectivity index (χ0v) is 19.0. The van der Waals surface area contributed by atoms with Crippen molar-refractivity contribution in [3.8, 4) is 11.5 Å². The minimum Gasteiger partial charge on any atom is -0.497 e. The molecule has 1 amide bonds. The number of ether oxygens (including phenoxy) is 2. The van der Waals surface area contributed by atoms with Crippen LogP contribution in [0.2, 0.25) is 0 Å². The summed E-state index contributed by atoms with van der Waals surface area (Å²) in [7, 11) is -0.860. The molecule has 1 aromatic heterocycles. The molecule has 0 spiro atoms. The molecule has 0 saturated heterocycles. The summed E-state index contributed by atoms with van der Waals surface area (Å²) in [6.45, 7) is 4.78. The highest BCUT2D eigenvalue weighted by atomic mass is 32.2. The van der Waals surface area contributed by atoms with Crippen molar-refractivity contribution in [3.05, 3.63) is 48.0 Å². The van der Waals surface area contributed by atoms with E-state index in [0.717, 1.165) is 0 Å². The Bertz CT molecular complexity index is 1160. The molecule has 31 heavy (non-hydrogen) atoms. The van der Waals surface area contributed by atoms with Crippen molar-refractivity contribution in [1.82, 2.24) is 14.5 Å². The molecule has 0 radical (unpaired) electrons. The largest absolute Gasteiger partial charge is 0.497 e. The van der Waals surface area contributed by atoms with Crippen LogP contribution in [0.4, 0.5) is 0 Å². The minimum absolute atomic E-state index is 0.0990. The molecule has 8 nitrogen and oxygen atoms in total. The second kappa shape index (κ2) is 9.38. The van der Waals surface area contributed by atoms with Gasteiger partial charge in [0.2, 0.25) is 20.9 Å². The summed E-state index contributed by atoms with van der Waals surface area (Å²) in [4.78, 5) is 18.8. The van der Waals surface area contributed by atoms with Gasteiger partial charge in [0, 0.05) is 19.2 Å². The maximum absolute atomic E-state index is 13.4. The van der Waals surface area contributed by atoms with Crippen LogP contribution in [0.1, 0.15) is 19.4 Å².